The molecule has 1 N–H and O–H groups in total. The van der Waals surface area contributed by atoms with Gasteiger partial charge in [0.15, 0.2) is 11.4 Å². The lowest BCUT2D eigenvalue weighted by molar-refractivity contribution is 0.0685. The summed E-state index contributed by atoms with van der Waals surface area (Å²) in [4.78, 5) is 14.5. The number of carboxylic acids is 1. The Labute approximate surface area is 90.5 Å². The van der Waals surface area contributed by atoms with Crippen LogP contribution in [0.3, 0.4) is 0 Å². The number of nitrogens with zero attached hydrogens (tertiary/aromatic N) is 2. The second-order valence-corrected chi connectivity index (χ2v) is 2.98. The standard InChI is InChI=1S/C10H8N2O4/c13-10(14)9-8(2-1-3-11-9)15-5-7-4-12-16-6-7/h1-4,6H,5H2,(H,13,14). The first-order chi connectivity index (χ1) is 7.77. The van der Waals surface area contributed by atoms with Crippen molar-refractivity contribution in [2.75, 3.05) is 0 Å². The number of ether oxygens (including phenoxy) is 1. The van der Waals surface area contributed by atoms with Crippen molar-refractivity contribution >= 4 is 5.97 Å². The third-order valence-corrected chi connectivity index (χ3v) is 1.85. The van der Waals surface area contributed by atoms with E-state index in [4.69, 9.17) is 9.84 Å². The van der Waals surface area contributed by atoms with Crippen molar-refractivity contribution < 1.29 is 19.2 Å². The van der Waals surface area contributed by atoms with E-state index in [2.05, 4.69) is 14.7 Å². The maximum Gasteiger partial charge on any atom is 0.358 e. The summed E-state index contributed by atoms with van der Waals surface area (Å²) in [6.07, 6.45) is 4.32. The van der Waals surface area contributed by atoms with Crippen molar-refractivity contribution in [1.82, 2.24) is 10.1 Å². The molecule has 0 fully saturated rings. The highest BCUT2D eigenvalue weighted by molar-refractivity contribution is 5.88. The van der Waals surface area contributed by atoms with Gasteiger partial charge in [0.05, 0.1) is 6.20 Å². The van der Waals surface area contributed by atoms with Crippen LogP contribution in [0.5, 0.6) is 5.75 Å². The Kier molecular flexibility index (Phi) is 2.81. The SMILES string of the molecule is O=C(O)c1ncccc1OCc1cnoc1. The molecular weight excluding hydrogens is 212 g/mol. The Morgan fingerprint density at radius 1 is 1.56 bits per heavy atom. The van der Waals surface area contributed by atoms with Gasteiger partial charge in [-0.15, -0.1) is 0 Å². The fraction of sp³-hybridized carbons (Fsp3) is 0.100. The minimum Gasteiger partial charge on any atom is -0.486 e. The number of aromatic carboxylic acids is 1. The number of hydrogen-bond donors (Lipinski definition) is 1. The topological polar surface area (TPSA) is 85.5 Å². The molecule has 0 aliphatic rings. The van der Waals surface area contributed by atoms with Crippen LogP contribution < -0.4 is 4.74 Å². The van der Waals surface area contributed by atoms with Gasteiger partial charge in [-0.05, 0) is 12.1 Å². The van der Waals surface area contributed by atoms with E-state index >= 15 is 0 Å². The third kappa shape index (κ3) is 2.17. The fourth-order valence-electron chi connectivity index (χ4n) is 1.13. The maximum absolute atomic E-state index is 10.8. The molecule has 82 valence electrons. The average Bonchev–Trinajstić information content (AvgIpc) is 2.79. The lowest BCUT2D eigenvalue weighted by atomic mass is 10.3. The summed E-state index contributed by atoms with van der Waals surface area (Å²) in [5.74, 6) is -0.905. The molecule has 16 heavy (non-hydrogen) atoms. The highest BCUT2D eigenvalue weighted by Crippen LogP contribution is 2.16. The second kappa shape index (κ2) is 4.43. The van der Waals surface area contributed by atoms with Gasteiger partial charge in [-0.2, -0.15) is 0 Å². The van der Waals surface area contributed by atoms with Gasteiger partial charge in [-0.3, -0.25) is 0 Å². The van der Waals surface area contributed by atoms with E-state index in [9.17, 15) is 4.79 Å². The van der Waals surface area contributed by atoms with Crippen molar-refractivity contribution in [2.24, 2.45) is 0 Å². The maximum atomic E-state index is 10.8. The van der Waals surface area contributed by atoms with Gasteiger partial charge in [0.2, 0.25) is 0 Å². The van der Waals surface area contributed by atoms with Crippen LogP contribution in [-0.2, 0) is 6.61 Å². The molecule has 2 aromatic heterocycles. The summed E-state index contributed by atoms with van der Waals surface area (Å²) < 4.78 is 9.92. The number of hydrogen-bond acceptors (Lipinski definition) is 5. The van der Waals surface area contributed by atoms with Gasteiger partial charge in [0.1, 0.15) is 12.9 Å². The van der Waals surface area contributed by atoms with Crippen LogP contribution in [0.25, 0.3) is 0 Å². The van der Waals surface area contributed by atoms with Gasteiger partial charge in [-0.25, -0.2) is 9.78 Å². The molecule has 0 saturated heterocycles. The molecule has 0 aromatic carbocycles. The van der Waals surface area contributed by atoms with Crippen LogP contribution in [0.2, 0.25) is 0 Å². The van der Waals surface area contributed by atoms with E-state index in [0.717, 1.165) is 5.56 Å². The van der Waals surface area contributed by atoms with Crippen LogP contribution in [0.15, 0.2) is 35.3 Å². The number of carboxylic acid groups (broad SMARTS) is 1. The third-order valence-electron chi connectivity index (χ3n) is 1.85. The van der Waals surface area contributed by atoms with Crippen molar-refractivity contribution in [3.05, 3.63) is 42.0 Å². The summed E-state index contributed by atoms with van der Waals surface area (Å²) in [6, 6.07) is 3.15. The molecule has 0 aliphatic carbocycles. The highest BCUT2D eigenvalue weighted by Gasteiger charge is 2.12. The molecule has 6 nitrogen and oxygen atoms in total. The van der Waals surface area contributed by atoms with Crippen LogP contribution in [-0.4, -0.2) is 21.2 Å². The molecule has 0 unspecified atom stereocenters. The van der Waals surface area contributed by atoms with Crippen molar-refractivity contribution in [3.63, 3.8) is 0 Å². The zero-order valence-electron chi connectivity index (χ0n) is 8.16. The first-order valence-electron chi connectivity index (χ1n) is 4.47. The molecule has 2 heterocycles. The fourth-order valence-corrected chi connectivity index (χ4v) is 1.13. The summed E-state index contributed by atoms with van der Waals surface area (Å²) in [5, 5.41) is 12.4. The van der Waals surface area contributed by atoms with E-state index < -0.39 is 5.97 Å². The lowest BCUT2D eigenvalue weighted by Crippen LogP contribution is -2.05. The minimum absolute atomic E-state index is 0.112. The van der Waals surface area contributed by atoms with Crippen LogP contribution in [0.4, 0.5) is 0 Å². The van der Waals surface area contributed by atoms with E-state index in [1.165, 1.54) is 18.7 Å². The van der Waals surface area contributed by atoms with Crippen LogP contribution in [0, 0.1) is 0 Å². The number of carbonyl (C=O) groups is 1. The monoisotopic (exact) mass is 220 g/mol. The highest BCUT2D eigenvalue weighted by atomic mass is 16.5. The average molecular weight is 220 g/mol. The molecule has 0 spiro atoms. The number of pyridine rings is 1. The van der Waals surface area contributed by atoms with Crippen LogP contribution in [0.1, 0.15) is 16.1 Å². The van der Waals surface area contributed by atoms with Crippen molar-refractivity contribution in [1.29, 1.82) is 0 Å². The van der Waals surface area contributed by atoms with E-state index in [0.29, 0.717) is 0 Å². The largest absolute Gasteiger partial charge is 0.486 e. The molecular formula is C10H8N2O4. The van der Waals surface area contributed by atoms with Gasteiger partial charge < -0.3 is 14.4 Å². The summed E-state index contributed by atoms with van der Waals surface area (Å²) in [7, 11) is 0. The first-order valence-corrected chi connectivity index (χ1v) is 4.47. The van der Waals surface area contributed by atoms with E-state index in [-0.39, 0.29) is 18.1 Å². The van der Waals surface area contributed by atoms with Crippen molar-refractivity contribution in [3.8, 4) is 5.75 Å². The number of rotatable bonds is 4. The molecule has 2 rings (SSSR count). The number of aromatic nitrogens is 2. The van der Waals surface area contributed by atoms with Gasteiger partial charge >= 0.3 is 5.97 Å². The van der Waals surface area contributed by atoms with Gasteiger partial charge in [0, 0.05) is 11.8 Å². The summed E-state index contributed by atoms with van der Waals surface area (Å²) in [5.41, 5.74) is 0.610. The van der Waals surface area contributed by atoms with Crippen molar-refractivity contribution in [2.45, 2.75) is 6.61 Å². The Bertz CT molecular complexity index is 481. The van der Waals surface area contributed by atoms with Gasteiger partial charge in [0.25, 0.3) is 0 Å². The quantitative estimate of drug-likeness (QED) is 0.836. The Balaban J connectivity index is 2.12. The van der Waals surface area contributed by atoms with E-state index in [1.54, 1.807) is 12.1 Å². The van der Waals surface area contributed by atoms with Gasteiger partial charge in [-0.1, -0.05) is 5.16 Å². The molecule has 0 amide bonds. The predicted octanol–water partition coefficient (Wildman–Crippen LogP) is 1.35. The summed E-state index contributed by atoms with van der Waals surface area (Å²) in [6.45, 7) is 0.190. The molecule has 2 aromatic rings. The zero-order chi connectivity index (χ0) is 11.4. The molecule has 0 aliphatic heterocycles. The van der Waals surface area contributed by atoms with E-state index in [1.807, 2.05) is 0 Å². The normalized spacial score (nSPS) is 10.0. The molecule has 0 radical (unpaired) electrons. The Morgan fingerprint density at radius 2 is 2.44 bits per heavy atom. The lowest BCUT2D eigenvalue weighted by Gasteiger charge is -2.05. The smallest absolute Gasteiger partial charge is 0.358 e. The molecule has 0 atom stereocenters. The second-order valence-electron chi connectivity index (χ2n) is 2.98. The zero-order valence-corrected chi connectivity index (χ0v) is 8.16. The minimum atomic E-state index is -1.12. The molecule has 0 bridgehead atoms. The van der Waals surface area contributed by atoms with Crippen LogP contribution >= 0.6 is 0 Å². The summed E-state index contributed by atoms with van der Waals surface area (Å²) >= 11 is 0. The predicted molar refractivity (Wildman–Crippen MR) is 52.0 cm³/mol. The first kappa shape index (κ1) is 10.2. The molecule has 0 saturated carbocycles. The Hall–Kier alpha value is -2.37. The Morgan fingerprint density at radius 3 is 3.12 bits per heavy atom. The molecule has 6 heteroatoms.